The fraction of sp³-hybridized carbons (Fsp3) is 0.727. The smallest absolute Gasteiger partial charge is 0.234 e. The van der Waals surface area contributed by atoms with Crippen molar-refractivity contribution in [3.05, 3.63) is 12.7 Å². The number of sulfone groups is 1. The van der Waals surface area contributed by atoms with Gasteiger partial charge in [0.2, 0.25) is 5.91 Å². The van der Waals surface area contributed by atoms with E-state index in [1.807, 2.05) is 18.7 Å². The van der Waals surface area contributed by atoms with Gasteiger partial charge in [-0.3, -0.25) is 9.69 Å². The lowest BCUT2D eigenvalue weighted by Gasteiger charge is -2.26. The Kier molecular flexibility index (Phi) is 7.06. The molecule has 0 aromatic rings. The highest BCUT2D eigenvalue weighted by atomic mass is 32.2. The van der Waals surface area contributed by atoms with E-state index in [0.717, 1.165) is 0 Å². The summed E-state index contributed by atoms with van der Waals surface area (Å²) in [5, 5.41) is 2.67. The monoisotopic (exact) mass is 262 g/mol. The van der Waals surface area contributed by atoms with Gasteiger partial charge in [0.25, 0.3) is 0 Å². The standard InChI is InChI=1S/C11H22N2O3S/c1-5-7-12-11(14)8-13(6-2)10(3)9-17(4,15)16/h5,10H,1,6-9H2,2-4H3,(H,12,14). The van der Waals surface area contributed by atoms with Crippen molar-refractivity contribution in [2.24, 2.45) is 0 Å². The number of likely N-dealkylation sites (N-methyl/N-ethyl adjacent to an activating group) is 1. The van der Waals surface area contributed by atoms with E-state index in [2.05, 4.69) is 11.9 Å². The maximum absolute atomic E-state index is 11.5. The van der Waals surface area contributed by atoms with Gasteiger partial charge in [-0.25, -0.2) is 8.42 Å². The minimum atomic E-state index is -3.02. The van der Waals surface area contributed by atoms with Gasteiger partial charge in [0.05, 0.1) is 12.3 Å². The first-order valence-corrected chi connectivity index (χ1v) is 7.65. The molecule has 1 amide bonds. The molecule has 17 heavy (non-hydrogen) atoms. The lowest BCUT2D eigenvalue weighted by Crippen LogP contribution is -2.44. The Morgan fingerprint density at radius 1 is 1.53 bits per heavy atom. The molecule has 0 aliphatic heterocycles. The molecule has 0 heterocycles. The Bertz CT molecular complexity index is 352. The fourth-order valence-electron chi connectivity index (χ4n) is 1.55. The van der Waals surface area contributed by atoms with Crippen molar-refractivity contribution < 1.29 is 13.2 Å². The number of nitrogens with zero attached hydrogens (tertiary/aromatic N) is 1. The normalized spacial score (nSPS) is 13.4. The van der Waals surface area contributed by atoms with Crippen LogP contribution < -0.4 is 5.32 Å². The van der Waals surface area contributed by atoms with Crippen LogP contribution in [0.4, 0.5) is 0 Å². The summed E-state index contributed by atoms with van der Waals surface area (Å²) in [4.78, 5) is 13.3. The van der Waals surface area contributed by atoms with Gasteiger partial charge < -0.3 is 5.32 Å². The van der Waals surface area contributed by atoms with Crippen molar-refractivity contribution in [1.29, 1.82) is 0 Å². The summed E-state index contributed by atoms with van der Waals surface area (Å²) in [5.74, 6) is -0.0534. The van der Waals surface area contributed by atoms with Gasteiger partial charge in [-0.1, -0.05) is 13.0 Å². The molecule has 1 N–H and O–H groups in total. The molecule has 0 radical (unpaired) electrons. The second kappa shape index (κ2) is 7.45. The van der Waals surface area contributed by atoms with Crippen LogP contribution >= 0.6 is 0 Å². The second-order valence-corrected chi connectivity index (χ2v) is 6.28. The van der Waals surface area contributed by atoms with E-state index in [0.29, 0.717) is 13.1 Å². The average Bonchev–Trinajstić information content (AvgIpc) is 2.20. The molecule has 0 aliphatic carbocycles. The molecule has 0 spiro atoms. The zero-order valence-corrected chi connectivity index (χ0v) is 11.6. The minimum absolute atomic E-state index is 0.0651. The van der Waals surface area contributed by atoms with Crippen molar-refractivity contribution in [2.45, 2.75) is 19.9 Å². The lowest BCUT2D eigenvalue weighted by atomic mass is 10.3. The van der Waals surface area contributed by atoms with Crippen molar-refractivity contribution >= 4 is 15.7 Å². The second-order valence-electron chi connectivity index (χ2n) is 4.10. The molecule has 6 heteroatoms. The Balaban J connectivity index is 4.31. The molecule has 1 unspecified atom stereocenters. The van der Waals surface area contributed by atoms with Gasteiger partial charge in [-0.2, -0.15) is 0 Å². The van der Waals surface area contributed by atoms with Crippen molar-refractivity contribution in [1.82, 2.24) is 10.2 Å². The van der Waals surface area contributed by atoms with Crippen molar-refractivity contribution in [3.63, 3.8) is 0 Å². The Hall–Kier alpha value is -0.880. The van der Waals surface area contributed by atoms with E-state index < -0.39 is 9.84 Å². The number of nitrogens with one attached hydrogen (secondary N) is 1. The Morgan fingerprint density at radius 2 is 2.12 bits per heavy atom. The van der Waals surface area contributed by atoms with E-state index in [1.165, 1.54) is 6.26 Å². The molecule has 100 valence electrons. The Morgan fingerprint density at radius 3 is 2.53 bits per heavy atom. The van der Waals surface area contributed by atoms with E-state index in [1.54, 1.807) is 6.08 Å². The SMILES string of the molecule is C=CCNC(=O)CN(CC)C(C)CS(C)(=O)=O. The molecule has 5 nitrogen and oxygen atoms in total. The molecular weight excluding hydrogens is 240 g/mol. The summed E-state index contributed by atoms with van der Waals surface area (Å²) < 4.78 is 22.4. The first-order chi connectivity index (χ1) is 7.80. The molecule has 0 fully saturated rings. The number of carbonyl (C=O) groups excluding carboxylic acids is 1. The largest absolute Gasteiger partial charge is 0.352 e. The lowest BCUT2D eigenvalue weighted by molar-refractivity contribution is -0.122. The number of hydrogen-bond acceptors (Lipinski definition) is 4. The summed E-state index contributed by atoms with van der Waals surface area (Å²) in [5.41, 5.74) is 0. The topological polar surface area (TPSA) is 66.5 Å². The first kappa shape index (κ1) is 16.1. The third-order valence-corrected chi connectivity index (χ3v) is 3.45. The Labute approximate surface area is 104 Å². The van der Waals surface area contributed by atoms with E-state index in [-0.39, 0.29) is 24.2 Å². The van der Waals surface area contributed by atoms with E-state index in [4.69, 9.17) is 0 Å². The summed E-state index contributed by atoms with van der Waals surface area (Å²) in [6.45, 7) is 8.49. The summed E-state index contributed by atoms with van der Waals surface area (Å²) in [6, 6.07) is -0.163. The van der Waals surface area contributed by atoms with Gasteiger partial charge >= 0.3 is 0 Å². The third kappa shape index (κ3) is 7.93. The molecule has 0 rings (SSSR count). The quantitative estimate of drug-likeness (QED) is 0.627. The maximum atomic E-state index is 11.5. The highest BCUT2D eigenvalue weighted by Crippen LogP contribution is 2.01. The van der Waals surface area contributed by atoms with Gasteiger partial charge in [0.1, 0.15) is 9.84 Å². The molecule has 0 saturated heterocycles. The number of carbonyl (C=O) groups is 1. The molecule has 0 bridgehead atoms. The predicted octanol–water partition coefficient (Wildman–Crippen LogP) is 0.0436. The number of rotatable bonds is 8. The molecule has 0 aromatic carbocycles. The minimum Gasteiger partial charge on any atom is -0.352 e. The molecule has 0 aromatic heterocycles. The van der Waals surface area contributed by atoms with Crippen molar-refractivity contribution in [3.8, 4) is 0 Å². The van der Waals surface area contributed by atoms with Crippen LogP contribution in [-0.2, 0) is 14.6 Å². The van der Waals surface area contributed by atoms with Gasteiger partial charge in [0, 0.05) is 18.8 Å². The zero-order chi connectivity index (χ0) is 13.5. The third-order valence-electron chi connectivity index (χ3n) is 2.36. The fourth-order valence-corrected chi connectivity index (χ4v) is 2.64. The molecule has 0 aliphatic rings. The van der Waals surface area contributed by atoms with E-state index in [9.17, 15) is 13.2 Å². The molecule has 0 saturated carbocycles. The van der Waals surface area contributed by atoms with Crippen LogP contribution in [0.1, 0.15) is 13.8 Å². The first-order valence-electron chi connectivity index (χ1n) is 5.59. The number of hydrogen-bond donors (Lipinski definition) is 1. The highest BCUT2D eigenvalue weighted by Gasteiger charge is 2.19. The van der Waals surface area contributed by atoms with Crippen LogP contribution in [0.25, 0.3) is 0 Å². The van der Waals surface area contributed by atoms with Crippen LogP contribution in [0.5, 0.6) is 0 Å². The number of amides is 1. The van der Waals surface area contributed by atoms with Gasteiger partial charge in [-0.05, 0) is 13.5 Å². The van der Waals surface area contributed by atoms with Crippen LogP contribution in [0, 0.1) is 0 Å². The summed E-state index contributed by atoms with van der Waals surface area (Å²) >= 11 is 0. The van der Waals surface area contributed by atoms with Crippen LogP contribution in [0.2, 0.25) is 0 Å². The molecule has 1 atom stereocenters. The van der Waals surface area contributed by atoms with Gasteiger partial charge in [-0.15, -0.1) is 6.58 Å². The van der Waals surface area contributed by atoms with Crippen molar-refractivity contribution in [2.75, 3.05) is 31.6 Å². The predicted molar refractivity (Wildman–Crippen MR) is 69.6 cm³/mol. The zero-order valence-electron chi connectivity index (χ0n) is 10.8. The van der Waals surface area contributed by atoms with Gasteiger partial charge in [0.15, 0.2) is 0 Å². The van der Waals surface area contributed by atoms with E-state index >= 15 is 0 Å². The van der Waals surface area contributed by atoms with Crippen LogP contribution in [-0.4, -0.2) is 56.9 Å². The molecular formula is C11H22N2O3S. The van der Waals surface area contributed by atoms with Crippen LogP contribution in [0.3, 0.4) is 0 Å². The summed E-state index contributed by atoms with van der Waals surface area (Å²) in [7, 11) is -3.02. The summed E-state index contributed by atoms with van der Waals surface area (Å²) in [6.07, 6.45) is 2.81. The maximum Gasteiger partial charge on any atom is 0.234 e. The highest BCUT2D eigenvalue weighted by molar-refractivity contribution is 7.90. The average molecular weight is 262 g/mol. The van der Waals surface area contributed by atoms with Crippen LogP contribution in [0.15, 0.2) is 12.7 Å².